The molecule has 1 unspecified atom stereocenters. The molecule has 2 saturated heterocycles. The van der Waals surface area contributed by atoms with Crippen molar-refractivity contribution in [1.82, 2.24) is 10.2 Å². The van der Waals surface area contributed by atoms with Gasteiger partial charge in [0, 0.05) is 26.2 Å². The molecule has 0 bridgehead atoms. The molecule has 0 aromatic carbocycles. The van der Waals surface area contributed by atoms with E-state index in [9.17, 15) is 4.79 Å². The van der Waals surface area contributed by atoms with Gasteiger partial charge >= 0.3 is 0 Å². The standard InChI is InChI=1S/C14H26N2O2/c1-14(2,3)11-4-7-16(8-5-11)13(17)12-10-15-6-9-18-12/h11-12,15H,4-10H2,1-3H3. The molecular weight excluding hydrogens is 228 g/mol. The molecule has 1 N–H and O–H groups in total. The molecule has 0 aliphatic carbocycles. The van der Waals surface area contributed by atoms with Crippen molar-refractivity contribution in [2.75, 3.05) is 32.8 Å². The molecule has 1 atom stereocenters. The van der Waals surface area contributed by atoms with E-state index >= 15 is 0 Å². The number of carbonyl (C=O) groups excluding carboxylic acids is 1. The SMILES string of the molecule is CC(C)(C)C1CCN(C(=O)C2CNCCO2)CC1. The minimum Gasteiger partial charge on any atom is -0.366 e. The minimum atomic E-state index is -0.259. The van der Waals surface area contributed by atoms with E-state index in [1.807, 2.05) is 4.90 Å². The highest BCUT2D eigenvalue weighted by molar-refractivity contribution is 5.81. The number of hydrogen-bond acceptors (Lipinski definition) is 3. The van der Waals surface area contributed by atoms with Crippen molar-refractivity contribution < 1.29 is 9.53 Å². The summed E-state index contributed by atoms with van der Waals surface area (Å²) >= 11 is 0. The van der Waals surface area contributed by atoms with Crippen molar-refractivity contribution in [3.63, 3.8) is 0 Å². The second-order valence-electron chi connectivity index (χ2n) is 6.53. The van der Waals surface area contributed by atoms with Gasteiger partial charge in [0.2, 0.25) is 0 Å². The van der Waals surface area contributed by atoms with Crippen molar-refractivity contribution in [3.8, 4) is 0 Å². The molecule has 2 aliphatic rings. The predicted molar refractivity (Wildman–Crippen MR) is 71.4 cm³/mol. The van der Waals surface area contributed by atoms with Gasteiger partial charge in [-0.1, -0.05) is 20.8 Å². The van der Waals surface area contributed by atoms with Crippen molar-refractivity contribution in [2.24, 2.45) is 11.3 Å². The van der Waals surface area contributed by atoms with E-state index in [2.05, 4.69) is 26.1 Å². The molecule has 0 radical (unpaired) electrons. The van der Waals surface area contributed by atoms with Crippen molar-refractivity contribution in [2.45, 2.75) is 39.7 Å². The fourth-order valence-electron chi connectivity index (χ4n) is 2.89. The Morgan fingerprint density at radius 1 is 1.28 bits per heavy atom. The Balaban J connectivity index is 1.83. The number of likely N-dealkylation sites (tertiary alicyclic amines) is 1. The van der Waals surface area contributed by atoms with Crippen LogP contribution in [0.4, 0.5) is 0 Å². The molecule has 2 rings (SSSR count). The average molecular weight is 254 g/mol. The summed E-state index contributed by atoms with van der Waals surface area (Å²) in [4.78, 5) is 14.3. The molecule has 2 heterocycles. The summed E-state index contributed by atoms with van der Waals surface area (Å²) in [5.74, 6) is 0.904. The lowest BCUT2D eigenvalue weighted by Crippen LogP contribution is -2.51. The Hall–Kier alpha value is -0.610. The monoisotopic (exact) mass is 254 g/mol. The first-order chi connectivity index (χ1) is 8.48. The lowest BCUT2D eigenvalue weighted by atomic mass is 9.75. The van der Waals surface area contributed by atoms with Crippen LogP contribution in [0.3, 0.4) is 0 Å². The molecule has 2 aliphatic heterocycles. The zero-order valence-corrected chi connectivity index (χ0v) is 11.9. The molecule has 0 spiro atoms. The zero-order valence-electron chi connectivity index (χ0n) is 11.9. The van der Waals surface area contributed by atoms with Gasteiger partial charge in [0.25, 0.3) is 5.91 Å². The maximum Gasteiger partial charge on any atom is 0.253 e. The van der Waals surface area contributed by atoms with E-state index in [0.717, 1.165) is 38.4 Å². The van der Waals surface area contributed by atoms with Gasteiger partial charge in [-0.3, -0.25) is 4.79 Å². The van der Waals surface area contributed by atoms with Gasteiger partial charge in [0.1, 0.15) is 6.10 Å². The van der Waals surface area contributed by atoms with Crippen LogP contribution in [0.25, 0.3) is 0 Å². The van der Waals surface area contributed by atoms with Crippen molar-refractivity contribution >= 4 is 5.91 Å². The molecule has 2 fully saturated rings. The zero-order chi connectivity index (χ0) is 13.2. The Morgan fingerprint density at radius 2 is 1.94 bits per heavy atom. The largest absolute Gasteiger partial charge is 0.366 e. The van der Waals surface area contributed by atoms with Gasteiger partial charge in [-0.05, 0) is 24.2 Å². The third-order valence-corrected chi connectivity index (χ3v) is 4.23. The Bertz CT molecular complexity index is 285. The molecule has 104 valence electrons. The van der Waals surface area contributed by atoms with E-state index in [4.69, 9.17) is 4.74 Å². The molecule has 1 amide bonds. The number of carbonyl (C=O) groups is 1. The number of nitrogens with zero attached hydrogens (tertiary/aromatic N) is 1. The van der Waals surface area contributed by atoms with E-state index in [0.29, 0.717) is 18.6 Å². The fraction of sp³-hybridized carbons (Fsp3) is 0.929. The van der Waals surface area contributed by atoms with Crippen molar-refractivity contribution in [3.05, 3.63) is 0 Å². The lowest BCUT2D eigenvalue weighted by Gasteiger charge is -2.40. The highest BCUT2D eigenvalue weighted by Gasteiger charge is 2.33. The van der Waals surface area contributed by atoms with Crippen LogP contribution in [0.1, 0.15) is 33.6 Å². The number of hydrogen-bond donors (Lipinski definition) is 1. The summed E-state index contributed by atoms with van der Waals surface area (Å²) in [6.07, 6.45) is 1.98. The second-order valence-corrected chi connectivity index (χ2v) is 6.53. The van der Waals surface area contributed by atoms with Gasteiger partial charge in [-0.25, -0.2) is 0 Å². The topological polar surface area (TPSA) is 41.6 Å². The summed E-state index contributed by atoms with van der Waals surface area (Å²) < 4.78 is 5.53. The van der Waals surface area contributed by atoms with Gasteiger partial charge < -0.3 is 15.0 Å². The normalized spacial score (nSPS) is 27.3. The van der Waals surface area contributed by atoms with Crippen LogP contribution < -0.4 is 5.32 Å². The smallest absolute Gasteiger partial charge is 0.253 e. The summed E-state index contributed by atoms with van der Waals surface area (Å²) in [7, 11) is 0. The predicted octanol–water partition coefficient (Wildman–Crippen LogP) is 1.26. The van der Waals surface area contributed by atoms with Crippen LogP contribution >= 0.6 is 0 Å². The summed E-state index contributed by atoms with van der Waals surface area (Å²) in [6.45, 7) is 10.8. The molecule has 0 saturated carbocycles. The number of piperidine rings is 1. The molecule has 18 heavy (non-hydrogen) atoms. The average Bonchev–Trinajstić information content (AvgIpc) is 2.38. The Labute approximate surface area is 110 Å². The number of ether oxygens (including phenoxy) is 1. The highest BCUT2D eigenvalue weighted by atomic mass is 16.5. The van der Waals surface area contributed by atoms with E-state index < -0.39 is 0 Å². The molecule has 4 nitrogen and oxygen atoms in total. The lowest BCUT2D eigenvalue weighted by molar-refractivity contribution is -0.147. The highest BCUT2D eigenvalue weighted by Crippen LogP contribution is 2.34. The third kappa shape index (κ3) is 3.23. The summed E-state index contributed by atoms with van der Waals surface area (Å²) in [5, 5.41) is 3.22. The summed E-state index contributed by atoms with van der Waals surface area (Å²) in [5.41, 5.74) is 0.359. The van der Waals surface area contributed by atoms with Crippen LogP contribution in [-0.4, -0.2) is 49.7 Å². The number of morpholine rings is 1. The van der Waals surface area contributed by atoms with Gasteiger partial charge in [-0.15, -0.1) is 0 Å². The van der Waals surface area contributed by atoms with Crippen LogP contribution in [0, 0.1) is 11.3 Å². The van der Waals surface area contributed by atoms with Crippen LogP contribution in [0.2, 0.25) is 0 Å². The Morgan fingerprint density at radius 3 is 2.44 bits per heavy atom. The van der Waals surface area contributed by atoms with Gasteiger partial charge in [-0.2, -0.15) is 0 Å². The maximum absolute atomic E-state index is 12.3. The molecule has 0 aromatic heterocycles. The molecule has 4 heteroatoms. The number of amides is 1. The van der Waals surface area contributed by atoms with Crippen LogP contribution in [0.5, 0.6) is 0 Å². The molecular formula is C14H26N2O2. The minimum absolute atomic E-state index is 0.176. The first-order valence-corrected chi connectivity index (χ1v) is 7.09. The third-order valence-electron chi connectivity index (χ3n) is 4.23. The number of nitrogens with one attached hydrogen (secondary N) is 1. The van der Waals surface area contributed by atoms with E-state index in [1.165, 1.54) is 0 Å². The fourth-order valence-corrected chi connectivity index (χ4v) is 2.89. The maximum atomic E-state index is 12.3. The Kier molecular flexibility index (Phi) is 4.28. The number of rotatable bonds is 1. The first kappa shape index (κ1) is 13.8. The second kappa shape index (κ2) is 5.57. The van der Waals surface area contributed by atoms with Gasteiger partial charge in [0.05, 0.1) is 6.61 Å². The van der Waals surface area contributed by atoms with Crippen LogP contribution in [-0.2, 0) is 9.53 Å². The van der Waals surface area contributed by atoms with E-state index in [-0.39, 0.29) is 12.0 Å². The van der Waals surface area contributed by atoms with Crippen molar-refractivity contribution in [1.29, 1.82) is 0 Å². The molecule has 0 aromatic rings. The van der Waals surface area contributed by atoms with Crippen LogP contribution in [0.15, 0.2) is 0 Å². The first-order valence-electron chi connectivity index (χ1n) is 7.09. The summed E-state index contributed by atoms with van der Waals surface area (Å²) in [6, 6.07) is 0. The quantitative estimate of drug-likeness (QED) is 0.766. The van der Waals surface area contributed by atoms with Gasteiger partial charge in [0.15, 0.2) is 0 Å². The van der Waals surface area contributed by atoms with E-state index in [1.54, 1.807) is 0 Å².